The fraction of sp³-hybridized carbons (Fsp3) is 0.900. The monoisotopic (exact) mass is 243 g/mol. The molecular formula is C10H17F4NO. The highest BCUT2D eigenvalue weighted by Gasteiger charge is 2.50. The summed E-state index contributed by atoms with van der Waals surface area (Å²) in [6.45, 7) is 5.19. The Morgan fingerprint density at radius 2 is 1.81 bits per heavy atom. The Bertz CT molecular complexity index is 233. The van der Waals surface area contributed by atoms with Crippen LogP contribution in [0.1, 0.15) is 27.2 Å². The molecule has 1 amide bonds. The molecule has 0 heterocycles. The molecule has 0 bridgehead atoms. The number of hydrogen-bond acceptors (Lipinski definition) is 1. The Kier molecular flexibility index (Phi) is 5.75. The molecule has 1 atom stereocenters. The molecule has 1 unspecified atom stereocenters. The summed E-state index contributed by atoms with van der Waals surface area (Å²) in [5, 5.41) is 0. The summed E-state index contributed by atoms with van der Waals surface area (Å²) >= 11 is 0. The van der Waals surface area contributed by atoms with Crippen LogP contribution in [0, 0.1) is 5.92 Å². The molecule has 16 heavy (non-hydrogen) atoms. The standard InChI is InChI=1S/C10H17F4NO/c1-4-7(3)6-15(5-2)9(16)10(13,14)8(11)12/h7-8H,4-6H2,1-3H3. The van der Waals surface area contributed by atoms with Crippen LogP contribution >= 0.6 is 0 Å². The fourth-order valence-corrected chi connectivity index (χ4v) is 1.17. The van der Waals surface area contributed by atoms with E-state index in [0.29, 0.717) is 6.42 Å². The summed E-state index contributed by atoms with van der Waals surface area (Å²) in [6.07, 6.45) is -3.25. The van der Waals surface area contributed by atoms with Gasteiger partial charge in [-0.05, 0) is 12.8 Å². The largest absolute Gasteiger partial charge is 0.383 e. The van der Waals surface area contributed by atoms with Crippen LogP contribution in [0.2, 0.25) is 0 Å². The van der Waals surface area contributed by atoms with E-state index in [-0.39, 0.29) is 19.0 Å². The van der Waals surface area contributed by atoms with Gasteiger partial charge in [-0.25, -0.2) is 8.78 Å². The van der Waals surface area contributed by atoms with Gasteiger partial charge in [-0.1, -0.05) is 20.3 Å². The molecule has 0 aliphatic carbocycles. The van der Waals surface area contributed by atoms with E-state index in [2.05, 4.69) is 0 Å². The van der Waals surface area contributed by atoms with Crippen molar-refractivity contribution in [3.8, 4) is 0 Å². The molecule has 0 saturated carbocycles. The molecule has 0 aliphatic rings. The maximum atomic E-state index is 12.8. The lowest BCUT2D eigenvalue weighted by molar-refractivity contribution is -0.181. The molecule has 0 aromatic heterocycles. The van der Waals surface area contributed by atoms with Crippen LogP contribution in [0.4, 0.5) is 17.6 Å². The number of halogens is 4. The first-order valence-corrected chi connectivity index (χ1v) is 5.22. The lowest BCUT2D eigenvalue weighted by Crippen LogP contribution is -2.48. The fourth-order valence-electron chi connectivity index (χ4n) is 1.17. The number of rotatable bonds is 6. The van der Waals surface area contributed by atoms with Crippen molar-refractivity contribution < 1.29 is 22.4 Å². The van der Waals surface area contributed by atoms with Crippen molar-refractivity contribution in [2.75, 3.05) is 13.1 Å². The van der Waals surface area contributed by atoms with Crippen molar-refractivity contribution in [1.82, 2.24) is 4.90 Å². The number of amides is 1. The molecule has 0 N–H and O–H groups in total. The average Bonchev–Trinajstić information content (AvgIpc) is 2.24. The van der Waals surface area contributed by atoms with Gasteiger partial charge < -0.3 is 4.90 Å². The van der Waals surface area contributed by atoms with Gasteiger partial charge in [0.25, 0.3) is 5.91 Å². The molecule has 96 valence electrons. The Morgan fingerprint density at radius 3 is 2.12 bits per heavy atom. The number of hydrogen-bond donors (Lipinski definition) is 0. The van der Waals surface area contributed by atoms with E-state index in [1.807, 2.05) is 6.92 Å². The molecule has 0 rings (SSSR count). The molecule has 0 aromatic carbocycles. The van der Waals surface area contributed by atoms with Crippen molar-refractivity contribution >= 4 is 5.91 Å². The quantitative estimate of drug-likeness (QED) is 0.657. The van der Waals surface area contributed by atoms with Gasteiger partial charge in [-0.3, -0.25) is 4.79 Å². The van der Waals surface area contributed by atoms with E-state index >= 15 is 0 Å². The first-order chi connectivity index (χ1) is 7.27. The number of carbonyl (C=O) groups excluding carboxylic acids is 1. The van der Waals surface area contributed by atoms with Gasteiger partial charge in [-0.2, -0.15) is 8.78 Å². The number of nitrogens with zero attached hydrogens (tertiary/aromatic N) is 1. The minimum absolute atomic E-state index is 0.00544. The maximum Gasteiger partial charge on any atom is 0.383 e. The van der Waals surface area contributed by atoms with Crippen molar-refractivity contribution in [2.24, 2.45) is 5.92 Å². The topological polar surface area (TPSA) is 20.3 Å². The Hall–Kier alpha value is -0.810. The second-order valence-electron chi connectivity index (χ2n) is 3.78. The third-order valence-electron chi connectivity index (χ3n) is 2.46. The van der Waals surface area contributed by atoms with Gasteiger partial charge >= 0.3 is 12.3 Å². The Morgan fingerprint density at radius 1 is 1.31 bits per heavy atom. The number of carbonyl (C=O) groups is 1. The summed E-state index contributed by atoms with van der Waals surface area (Å²) < 4.78 is 49.5. The van der Waals surface area contributed by atoms with E-state index < -0.39 is 18.3 Å². The molecular weight excluding hydrogens is 226 g/mol. The maximum absolute atomic E-state index is 12.8. The van der Waals surface area contributed by atoms with Gasteiger partial charge in [0.05, 0.1) is 0 Å². The second-order valence-corrected chi connectivity index (χ2v) is 3.78. The summed E-state index contributed by atoms with van der Waals surface area (Å²) in [6, 6.07) is 0. The lowest BCUT2D eigenvalue weighted by atomic mass is 10.1. The van der Waals surface area contributed by atoms with Gasteiger partial charge in [-0.15, -0.1) is 0 Å². The zero-order chi connectivity index (χ0) is 12.9. The molecule has 0 radical (unpaired) electrons. The third kappa shape index (κ3) is 3.64. The van der Waals surface area contributed by atoms with Gasteiger partial charge in [0.15, 0.2) is 0 Å². The van der Waals surface area contributed by atoms with E-state index in [4.69, 9.17) is 0 Å². The van der Waals surface area contributed by atoms with Gasteiger partial charge in [0, 0.05) is 13.1 Å². The van der Waals surface area contributed by atoms with E-state index in [1.54, 1.807) is 6.92 Å². The zero-order valence-corrected chi connectivity index (χ0v) is 9.64. The lowest BCUT2D eigenvalue weighted by Gasteiger charge is -2.27. The molecule has 0 aromatic rings. The summed E-state index contributed by atoms with van der Waals surface area (Å²) in [4.78, 5) is 12.0. The van der Waals surface area contributed by atoms with Gasteiger partial charge in [0.2, 0.25) is 0 Å². The Balaban J connectivity index is 4.65. The van der Waals surface area contributed by atoms with Crippen molar-refractivity contribution in [1.29, 1.82) is 0 Å². The molecule has 0 fully saturated rings. The van der Waals surface area contributed by atoms with Crippen LogP contribution in [0.25, 0.3) is 0 Å². The van der Waals surface area contributed by atoms with E-state index in [1.165, 1.54) is 6.92 Å². The smallest absolute Gasteiger partial charge is 0.337 e. The van der Waals surface area contributed by atoms with Crippen LogP contribution in [-0.2, 0) is 4.79 Å². The van der Waals surface area contributed by atoms with Gasteiger partial charge in [0.1, 0.15) is 0 Å². The predicted molar refractivity (Wildman–Crippen MR) is 52.7 cm³/mol. The SMILES string of the molecule is CCC(C)CN(CC)C(=O)C(F)(F)C(F)F. The molecule has 0 saturated heterocycles. The van der Waals surface area contributed by atoms with Crippen molar-refractivity contribution in [3.63, 3.8) is 0 Å². The molecule has 2 nitrogen and oxygen atoms in total. The minimum Gasteiger partial charge on any atom is -0.337 e. The second kappa shape index (κ2) is 6.06. The van der Waals surface area contributed by atoms with Crippen LogP contribution < -0.4 is 0 Å². The van der Waals surface area contributed by atoms with E-state index in [0.717, 1.165) is 4.90 Å². The highest BCUT2D eigenvalue weighted by atomic mass is 19.3. The summed E-state index contributed by atoms with van der Waals surface area (Å²) in [5.41, 5.74) is 0. The van der Waals surface area contributed by atoms with Crippen molar-refractivity contribution in [3.05, 3.63) is 0 Å². The molecule has 0 spiro atoms. The first-order valence-electron chi connectivity index (χ1n) is 5.22. The molecule has 6 heteroatoms. The highest BCUT2D eigenvalue weighted by molar-refractivity contribution is 5.84. The van der Waals surface area contributed by atoms with Crippen LogP contribution in [0.15, 0.2) is 0 Å². The summed E-state index contributed by atoms with van der Waals surface area (Å²) in [5.74, 6) is -6.36. The highest BCUT2D eigenvalue weighted by Crippen LogP contribution is 2.25. The van der Waals surface area contributed by atoms with Crippen LogP contribution in [-0.4, -0.2) is 36.2 Å². The van der Waals surface area contributed by atoms with Crippen molar-refractivity contribution in [2.45, 2.75) is 39.5 Å². The number of alkyl halides is 4. The minimum atomic E-state index is -4.58. The first kappa shape index (κ1) is 15.2. The molecule has 0 aliphatic heterocycles. The third-order valence-corrected chi connectivity index (χ3v) is 2.46. The predicted octanol–water partition coefficient (Wildman–Crippen LogP) is 2.78. The zero-order valence-electron chi connectivity index (χ0n) is 9.64. The normalized spacial score (nSPS) is 14.0. The van der Waals surface area contributed by atoms with E-state index in [9.17, 15) is 22.4 Å². The van der Waals surface area contributed by atoms with Crippen LogP contribution in [0.3, 0.4) is 0 Å². The average molecular weight is 243 g/mol. The van der Waals surface area contributed by atoms with Crippen LogP contribution in [0.5, 0.6) is 0 Å². The summed E-state index contributed by atoms with van der Waals surface area (Å²) in [7, 11) is 0. The Labute approximate surface area is 92.6 Å².